The van der Waals surface area contributed by atoms with Crippen molar-refractivity contribution >= 4 is 35.7 Å². The molecule has 0 aromatic carbocycles. The van der Waals surface area contributed by atoms with Gasteiger partial charge < -0.3 is 30.9 Å². The summed E-state index contributed by atoms with van der Waals surface area (Å²) in [5.41, 5.74) is 10.6. The number of rotatable bonds is 9. The van der Waals surface area contributed by atoms with Gasteiger partial charge in [0.25, 0.3) is 11.8 Å². The number of carbonyl (C=O) groups is 6. The number of hydroxylamine groups is 2. The Labute approximate surface area is 166 Å². The minimum Gasteiger partial charge on any atom is -0.481 e. The van der Waals surface area contributed by atoms with Gasteiger partial charge in [0.15, 0.2) is 0 Å². The monoisotopic (exact) mass is 419 g/mol. The van der Waals surface area contributed by atoms with Crippen molar-refractivity contribution in [1.29, 1.82) is 0 Å². The van der Waals surface area contributed by atoms with Crippen LogP contribution >= 0.6 is 0 Å². The number of aliphatic carboxylic acids is 1. The van der Waals surface area contributed by atoms with Crippen LogP contribution in [0.4, 0.5) is 0 Å². The van der Waals surface area contributed by atoms with Crippen LogP contribution < -0.4 is 11.5 Å². The second-order valence-corrected chi connectivity index (χ2v) is 5.78. The van der Waals surface area contributed by atoms with Crippen LogP contribution in [0.25, 0.3) is 0 Å². The molecule has 1 fully saturated rings. The average molecular weight is 419 g/mol. The molecule has 2 amide bonds. The molecule has 0 aromatic rings. The van der Waals surface area contributed by atoms with Crippen LogP contribution in [0, 0.1) is 0 Å². The largest absolute Gasteiger partial charge is 0.481 e. The first-order chi connectivity index (χ1) is 13.5. The molecule has 1 heterocycles. The van der Waals surface area contributed by atoms with E-state index in [0.717, 1.165) is 0 Å². The number of esters is 2. The lowest BCUT2D eigenvalue weighted by atomic mass is 10.2. The van der Waals surface area contributed by atoms with Gasteiger partial charge in [0.05, 0.1) is 20.6 Å². The molecule has 164 valence electrons. The third-order valence-electron chi connectivity index (χ3n) is 3.54. The van der Waals surface area contributed by atoms with Gasteiger partial charge in [-0.25, -0.2) is 4.79 Å². The summed E-state index contributed by atoms with van der Waals surface area (Å²) in [4.78, 5) is 69.7. The average Bonchev–Trinajstić information content (AvgIpc) is 3.01. The summed E-state index contributed by atoms with van der Waals surface area (Å²) in [7, 11) is 2.39. The van der Waals surface area contributed by atoms with Crippen LogP contribution in [0.2, 0.25) is 0 Å². The summed E-state index contributed by atoms with van der Waals surface area (Å²) in [5.74, 6) is -4.08. The molecule has 13 nitrogen and oxygen atoms in total. The van der Waals surface area contributed by atoms with Crippen molar-refractivity contribution in [2.75, 3.05) is 14.2 Å². The minimum atomic E-state index is -0.968. The Morgan fingerprint density at radius 3 is 1.72 bits per heavy atom. The van der Waals surface area contributed by atoms with Crippen LogP contribution in [0.5, 0.6) is 0 Å². The molecule has 1 rings (SSSR count). The van der Waals surface area contributed by atoms with E-state index in [1.807, 2.05) is 0 Å². The van der Waals surface area contributed by atoms with Crippen molar-refractivity contribution in [1.82, 2.24) is 5.06 Å². The molecule has 0 spiro atoms. The molecular formula is C16H25N3O10. The van der Waals surface area contributed by atoms with Gasteiger partial charge in [-0.05, 0) is 12.8 Å². The van der Waals surface area contributed by atoms with E-state index in [1.165, 1.54) is 14.2 Å². The van der Waals surface area contributed by atoms with Crippen molar-refractivity contribution in [2.24, 2.45) is 11.5 Å². The molecule has 0 bridgehead atoms. The zero-order chi connectivity index (χ0) is 22.6. The van der Waals surface area contributed by atoms with Crippen LogP contribution in [-0.4, -0.2) is 72.2 Å². The lowest BCUT2D eigenvalue weighted by Crippen LogP contribution is -2.34. The Bertz CT molecular complexity index is 620. The maximum Gasteiger partial charge on any atom is 0.333 e. The van der Waals surface area contributed by atoms with E-state index in [4.69, 9.17) is 16.6 Å². The van der Waals surface area contributed by atoms with E-state index < -0.39 is 47.8 Å². The van der Waals surface area contributed by atoms with Gasteiger partial charge in [0.1, 0.15) is 12.1 Å². The summed E-state index contributed by atoms with van der Waals surface area (Å²) in [6.45, 7) is 0. The Kier molecular flexibility index (Phi) is 11.8. The standard InChI is InChI=1S/C10H14N2O6.C6H11NO4/c1-17-10(16)6(11)2-5-9(15)18-12-7(13)3-4-8(12)14;1-11-6(10)4(7)2-3-5(8)9/h6H,2-5,11H2,1H3;4H,2-3,7H2,1H3,(H,8,9). The summed E-state index contributed by atoms with van der Waals surface area (Å²) < 4.78 is 8.66. The quantitative estimate of drug-likeness (QED) is 0.280. The number of methoxy groups -OCH3 is 2. The highest BCUT2D eigenvalue weighted by atomic mass is 16.7. The Hall–Kier alpha value is -3.06. The molecule has 2 atom stereocenters. The van der Waals surface area contributed by atoms with Crippen molar-refractivity contribution in [3.05, 3.63) is 0 Å². The van der Waals surface area contributed by atoms with Crippen molar-refractivity contribution < 1.29 is 48.2 Å². The summed E-state index contributed by atoms with van der Waals surface area (Å²) in [5, 5.41) is 8.66. The van der Waals surface area contributed by atoms with Gasteiger partial charge >= 0.3 is 23.9 Å². The summed E-state index contributed by atoms with van der Waals surface area (Å²) in [6.07, 6.45) is -0.102. The number of nitrogens with two attached hydrogens (primary N) is 2. The highest BCUT2D eigenvalue weighted by Gasteiger charge is 2.32. The molecule has 0 radical (unpaired) electrons. The molecule has 2 unspecified atom stereocenters. The van der Waals surface area contributed by atoms with Crippen LogP contribution in [0.3, 0.4) is 0 Å². The van der Waals surface area contributed by atoms with Gasteiger partial charge in [-0.15, -0.1) is 5.06 Å². The zero-order valence-electron chi connectivity index (χ0n) is 16.1. The molecule has 13 heteroatoms. The molecule has 5 N–H and O–H groups in total. The van der Waals surface area contributed by atoms with Gasteiger partial charge in [0, 0.05) is 19.3 Å². The number of carboxylic acid groups (broad SMARTS) is 1. The van der Waals surface area contributed by atoms with E-state index in [-0.39, 0.29) is 38.5 Å². The number of carboxylic acids is 1. The Morgan fingerprint density at radius 2 is 1.34 bits per heavy atom. The molecule has 0 aromatic heterocycles. The molecule has 0 aliphatic carbocycles. The number of imide groups is 1. The van der Waals surface area contributed by atoms with E-state index in [1.54, 1.807) is 0 Å². The van der Waals surface area contributed by atoms with Crippen LogP contribution in [0.1, 0.15) is 38.5 Å². The van der Waals surface area contributed by atoms with Crippen LogP contribution in [0.15, 0.2) is 0 Å². The number of ether oxygens (including phenoxy) is 2. The van der Waals surface area contributed by atoms with E-state index in [0.29, 0.717) is 5.06 Å². The second-order valence-electron chi connectivity index (χ2n) is 5.78. The molecule has 1 aliphatic rings. The highest BCUT2D eigenvalue weighted by molar-refractivity contribution is 6.01. The van der Waals surface area contributed by atoms with E-state index in [2.05, 4.69) is 14.3 Å². The number of carbonyl (C=O) groups excluding carboxylic acids is 5. The molecule has 0 saturated carbocycles. The second kappa shape index (κ2) is 13.2. The first-order valence-electron chi connectivity index (χ1n) is 8.48. The molecular weight excluding hydrogens is 394 g/mol. The van der Waals surface area contributed by atoms with Crippen molar-refractivity contribution in [2.45, 2.75) is 50.6 Å². The fourth-order valence-corrected chi connectivity index (χ4v) is 1.90. The lowest BCUT2D eigenvalue weighted by Gasteiger charge is -2.13. The maximum absolute atomic E-state index is 11.3. The smallest absolute Gasteiger partial charge is 0.333 e. The lowest BCUT2D eigenvalue weighted by molar-refractivity contribution is -0.197. The topological polar surface area (TPSA) is 206 Å². The number of amides is 2. The van der Waals surface area contributed by atoms with E-state index in [9.17, 15) is 28.8 Å². The zero-order valence-corrected chi connectivity index (χ0v) is 16.1. The summed E-state index contributed by atoms with van der Waals surface area (Å²) in [6, 6.07) is -1.76. The predicted octanol–water partition coefficient (Wildman–Crippen LogP) is -1.77. The first kappa shape index (κ1) is 25.9. The summed E-state index contributed by atoms with van der Waals surface area (Å²) >= 11 is 0. The molecule has 1 saturated heterocycles. The van der Waals surface area contributed by atoms with Gasteiger partial charge in [-0.3, -0.25) is 24.0 Å². The predicted molar refractivity (Wildman–Crippen MR) is 93.3 cm³/mol. The van der Waals surface area contributed by atoms with Crippen molar-refractivity contribution in [3.63, 3.8) is 0 Å². The third kappa shape index (κ3) is 10.2. The Balaban J connectivity index is 0.000000614. The number of hydrogen-bond acceptors (Lipinski definition) is 11. The SMILES string of the molecule is COC(=O)C(N)CCC(=O)O.COC(=O)C(N)CCC(=O)ON1C(=O)CCC1=O. The van der Waals surface area contributed by atoms with Crippen molar-refractivity contribution in [3.8, 4) is 0 Å². The van der Waals surface area contributed by atoms with Crippen LogP contribution in [-0.2, 0) is 43.1 Å². The minimum absolute atomic E-state index is 0.0156. The first-order valence-corrected chi connectivity index (χ1v) is 8.48. The molecule has 1 aliphatic heterocycles. The van der Waals surface area contributed by atoms with Gasteiger partial charge in [-0.2, -0.15) is 0 Å². The number of hydrogen-bond donors (Lipinski definition) is 3. The fourth-order valence-electron chi connectivity index (χ4n) is 1.90. The van der Waals surface area contributed by atoms with Gasteiger partial charge in [-0.1, -0.05) is 0 Å². The fraction of sp³-hybridized carbons (Fsp3) is 0.625. The van der Waals surface area contributed by atoms with Gasteiger partial charge in [0.2, 0.25) is 0 Å². The molecule has 29 heavy (non-hydrogen) atoms. The maximum atomic E-state index is 11.3. The normalized spacial score (nSPS) is 15.0. The Morgan fingerprint density at radius 1 is 0.931 bits per heavy atom. The third-order valence-corrected chi connectivity index (χ3v) is 3.54. The van der Waals surface area contributed by atoms with E-state index >= 15 is 0 Å². The number of nitrogens with zero attached hydrogens (tertiary/aromatic N) is 1. The highest BCUT2D eigenvalue weighted by Crippen LogP contribution is 2.13.